The molecule has 0 bridgehead atoms. The molecule has 0 aliphatic heterocycles. The maximum atomic E-state index is 11.4. The van der Waals surface area contributed by atoms with Crippen LogP contribution in [-0.2, 0) is 0 Å². The van der Waals surface area contributed by atoms with Crippen LogP contribution in [0.4, 0.5) is 0 Å². The molecule has 0 unspecified atom stereocenters. The maximum Gasteiger partial charge on any atom is 0.178 e. The molecule has 0 saturated heterocycles. The Morgan fingerprint density at radius 2 is 2.29 bits per heavy atom. The summed E-state index contributed by atoms with van der Waals surface area (Å²) in [4.78, 5) is 11.4. The summed E-state index contributed by atoms with van der Waals surface area (Å²) in [6.45, 7) is 1.90. The fourth-order valence-electron chi connectivity index (χ4n) is 1.08. The van der Waals surface area contributed by atoms with Crippen molar-refractivity contribution in [1.82, 2.24) is 0 Å². The molecule has 1 aromatic rings. The molecule has 0 aliphatic rings. The lowest BCUT2D eigenvalue weighted by Crippen LogP contribution is -2.04. The number of carbonyl (C=O) groups is 1. The van der Waals surface area contributed by atoms with E-state index in [1.54, 1.807) is 12.1 Å². The third-order valence-corrected chi connectivity index (χ3v) is 3.25. The SMILES string of the molecule is Cc1cc(C#N)c(C(=O)CCl)cc1I. The van der Waals surface area contributed by atoms with Crippen LogP contribution in [0.5, 0.6) is 0 Å². The van der Waals surface area contributed by atoms with Gasteiger partial charge in [0.1, 0.15) is 0 Å². The molecule has 0 atom stereocenters. The first-order valence-corrected chi connectivity index (χ1v) is 5.51. The number of rotatable bonds is 2. The zero-order valence-electron chi connectivity index (χ0n) is 7.47. The molecule has 0 fully saturated rings. The highest BCUT2D eigenvalue weighted by molar-refractivity contribution is 14.1. The third kappa shape index (κ3) is 2.25. The van der Waals surface area contributed by atoms with Crippen molar-refractivity contribution in [2.45, 2.75) is 6.92 Å². The minimum absolute atomic E-state index is 0.0895. The zero-order valence-corrected chi connectivity index (χ0v) is 10.4. The number of hydrogen-bond donors (Lipinski definition) is 0. The molecule has 0 heterocycles. The van der Waals surface area contributed by atoms with Crippen LogP contribution in [0.2, 0.25) is 0 Å². The molecule has 4 heteroatoms. The van der Waals surface area contributed by atoms with Crippen molar-refractivity contribution >= 4 is 40.0 Å². The van der Waals surface area contributed by atoms with Gasteiger partial charge in [0.15, 0.2) is 5.78 Å². The van der Waals surface area contributed by atoms with Gasteiger partial charge in [-0.15, -0.1) is 11.6 Å². The van der Waals surface area contributed by atoms with Gasteiger partial charge in [-0.3, -0.25) is 4.79 Å². The number of Topliss-reactive ketones (excluding diaryl/α,β-unsaturated/α-hetero) is 1. The Kier molecular flexibility index (Phi) is 3.90. The zero-order chi connectivity index (χ0) is 10.7. The van der Waals surface area contributed by atoms with Crippen molar-refractivity contribution < 1.29 is 4.79 Å². The Bertz CT molecular complexity index is 423. The molecule has 0 N–H and O–H groups in total. The molecular formula is C10H7ClINO. The summed E-state index contributed by atoms with van der Waals surface area (Å²) in [5, 5.41) is 8.83. The lowest BCUT2D eigenvalue weighted by Gasteiger charge is -2.04. The lowest BCUT2D eigenvalue weighted by molar-refractivity contribution is 0.102. The normalized spacial score (nSPS) is 9.57. The highest BCUT2D eigenvalue weighted by Gasteiger charge is 2.12. The van der Waals surface area contributed by atoms with Crippen LogP contribution in [0.3, 0.4) is 0 Å². The van der Waals surface area contributed by atoms with Gasteiger partial charge in [0, 0.05) is 9.13 Å². The molecule has 72 valence electrons. The largest absolute Gasteiger partial charge is 0.293 e. The molecular weight excluding hydrogens is 312 g/mol. The first kappa shape index (κ1) is 11.5. The van der Waals surface area contributed by atoms with Gasteiger partial charge < -0.3 is 0 Å². The summed E-state index contributed by atoms with van der Waals surface area (Å²) in [5.74, 6) is -0.297. The van der Waals surface area contributed by atoms with E-state index in [1.807, 2.05) is 13.0 Å². The summed E-state index contributed by atoms with van der Waals surface area (Å²) < 4.78 is 0.968. The second kappa shape index (κ2) is 4.76. The summed E-state index contributed by atoms with van der Waals surface area (Å²) in [6, 6.07) is 5.41. The average Bonchev–Trinajstić information content (AvgIpc) is 2.20. The van der Waals surface area contributed by atoms with Gasteiger partial charge in [0.25, 0.3) is 0 Å². The van der Waals surface area contributed by atoms with E-state index in [1.165, 1.54) is 0 Å². The van der Waals surface area contributed by atoms with Gasteiger partial charge in [-0.2, -0.15) is 5.26 Å². The van der Waals surface area contributed by atoms with Crippen molar-refractivity contribution in [1.29, 1.82) is 5.26 Å². The minimum Gasteiger partial charge on any atom is -0.293 e. The van der Waals surface area contributed by atoms with E-state index >= 15 is 0 Å². The molecule has 1 rings (SSSR count). The average molecular weight is 320 g/mol. The number of benzene rings is 1. The van der Waals surface area contributed by atoms with E-state index < -0.39 is 0 Å². The third-order valence-electron chi connectivity index (χ3n) is 1.84. The number of hydrogen-bond acceptors (Lipinski definition) is 2. The molecule has 0 amide bonds. The standard InChI is InChI=1S/C10H7ClINO/c1-6-2-7(5-13)8(3-9(6)12)10(14)4-11/h2-3H,4H2,1H3. The number of carbonyl (C=O) groups excluding carboxylic acids is 1. The highest BCUT2D eigenvalue weighted by atomic mass is 127. The van der Waals surface area contributed by atoms with Crippen LogP contribution < -0.4 is 0 Å². The molecule has 0 aliphatic carbocycles. The fourth-order valence-corrected chi connectivity index (χ4v) is 1.69. The van der Waals surface area contributed by atoms with E-state index in [0.717, 1.165) is 9.13 Å². The molecule has 14 heavy (non-hydrogen) atoms. The van der Waals surface area contributed by atoms with Crippen molar-refractivity contribution in [3.8, 4) is 6.07 Å². The van der Waals surface area contributed by atoms with Crippen molar-refractivity contribution in [3.63, 3.8) is 0 Å². The quantitative estimate of drug-likeness (QED) is 0.478. The summed E-state index contributed by atoms with van der Waals surface area (Å²) in [5.41, 5.74) is 1.80. The number of aryl methyl sites for hydroxylation is 1. The molecule has 1 aromatic carbocycles. The van der Waals surface area contributed by atoms with Gasteiger partial charge in [0.05, 0.1) is 17.5 Å². The maximum absolute atomic E-state index is 11.4. The number of alkyl halides is 1. The predicted molar refractivity (Wildman–Crippen MR) is 63.7 cm³/mol. The summed E-state index contributed by atoms with van der Waals surface area (Å²) in [6.07, 6.45) is 0. The van der Waals surface area contributed by atoms with Gasteiger partial charge in [-0.05, 0) is 47.2 Å². The topological polar surface area (TPSA) is 40.9 Å². The Morgan fingerprint density at radius 1 is 1.64 bits per heavy atom. The van der Waals surface area contributed by atoms with Gasteiger partial charge in [-0.25, -0.2) is 0 Å². The predicted octanol–water partition coefficient (Wildman–Crippen LogP) is 2.89. The van der Waals surface area contributed by atoms with Crippen molar-refractivity contribution in [3.05, 3.63) is 32.4 Å². The van der Waals surface area contributed by atoms with Crippen LogP contribution in [0.15, 0.2) is 12.1 Å². The van der Waals surface area contributed by atoms with Gasteiger partial charge in [-0.1, -0.05) is 0 Å². The number of nitrogens with zero attached hydrogens (tertiary/aromatic N) is 1. The Balaban J connectivity index is 3.36. The van der Waals surface area contributed by atoms with E-state index in [9.17, 15) is 4.79 Å². The smallest absolute Gasteiger partial charge is 0.178 e. The van der Waals surface area contributed by atoms with Crippen LogP contribution >= 0.6 is 34.2 Å². The summed E-state index contributed by atoms with van der Waals surface area (Å²) >= 11 is 7.57. The minimum atomic E-state index is -0.207. The molecule has 0 saturated carbocycles. The van der Waals surface area contributed by atoms with Crippen LogP contribution in [0, 0.1) is 21.8 Å². The lowest BCUT2D eigenvalue weighted by atomic mass is 10.0. The first-order valence-electron chi connectivity index (χ1n) is 3.89. The highest BCUT2D eigenvalue weighted by Crippen LogP contribution is 2.18. The monoisotopic (exact) mass is 319 g/mol. The first-order chi connectivity index (χ1) is 6.60. The molecule has 0 spiro atoms. The van der Waals surface area contributed by atoms with Crippen LogP contribution in [-0.4, -0.2) is 11.7 Å². The molecule has 0 radical (unpaired) electrons. The second-order valence-corrected chi connectivity index (χ2v) is 4.25. The Labute approximate surface area is 101 Å². The second-order valence-electron chi connectivity index (χ2n) is 2.82. The van der Waals surface area contributed by atoms with Crippen molar-refractivity contribution in [2.75, 3.05) is 5.88 Å². The van der Waals surface area contributed by atoms with Gasteiger partial charge in [0.2, 0.25) is 0 Å². The number of nitriles is 1. The number of halogens is 2. The number of ketones is 1. The Morgan fingerprint density at radius 3 is 2.79 bits per heavy atom. The summed E-state index contributed by atoms with van der Waals surface area (Å²) in [7, 11) is 0. The van der Waals surface area contributed by atoms with Crippen molar-refractivity contribution in [2.24, 2.45) is 0 Å². The molecule has 0 aromatic heterocycles. The van der Waals surface area contributed by atoms with E-state index in [4.69, 9.17) is 16.9 Å². The van der Waals surface area contributed by atoms with Crippen LogP contribution in [0.25, 0.3) is 0 Å². The molecule has 2 nitrogen and oxygen atoms in total. The van der Waals surface area contributed by atoms with Gasteiger partial charge >= 0.3 is 0 Å². The van der Waals surface area contributed by atoms with E-state index in [0.29, 0.717) is 11.1 Å². The Hall–Kier alpha value is -0.600. The van der Waals surface area contributed by atoms with Crippen LogP contribution in [0.1, 0.15) is 21.5 Å². The van der Waals surface area contributed by atoms with E-state index in [2.05, 4.69) is 22.6 Å². The fraction of sp³-hybridized carbons (Fsp3) is 0.200. The van der Waals surface area contributed by atoms with E-state index in [-0.39, 0.29) is 11.7 Å².